The molecule has 3 aromatic rings. The number of benzene rings is 1. The average Bonchev–Trinajstić information content (AvgIpc) is 3.54. The van der Waals surface area contributed by atoms with Crippen LogP contribution < -0.4 is 21.7 Å². The van der Waals surface area contributed by atoms with Gasteiger partial charge in [-0.3, -0.25) is 19.3 Å². The first-order valence-electron chi connectivity index (χ1n) is 10.8. The SMILES string of the molecule is Cc1ccc([C@@H](C(=O)NC2CCCC2)N(C(=O)c2snc(C(N)=O)c2N)c2ccc(Cl)cc2)o1. The highest BCUT2D eigenvalue weighted by Crippen LogP contribution is 2.34. The van der Waals surface area contributed by atoms with E-state index >= 15 is 0 Å². The Labute approximate surface area is 205 Å². The van der Waals surface area contributed by atoms with Gasteiger partial charge in [-0.15, -0.1) is 0 Å². The Morgan fingerprint density at radius 3 is 2.41 bits per heavy atom. The second-order valence-corrected chi connectivity index (χ2v) is 9.34. The van der Waals surface area contributed by atoms with Crippen molar-refractivity contribution in [1.82, 2.24) is 9.69 Å². The molecule has 0 saturated heterocycles. The van der Waals surface area contributed by atoms with Gasteiger partial charge in [0, 0.05) is 16.8 Å². The van der Waals surface area contributed by atoms with Crippen molar-refractivity contribution in [3.05, 3.63) is 63.5 Å². The fourth-order valence-corrected chi connectivity index (χ4v) is 4.92. The van der Waals surface area contributed by atoms with Crippen LogP contribution in [0.15, 0.2) is 40.8 Å². The summed E-state index contributed by atoms with van der Waals surface area (Å²) in [6.45, 7) is 1.75. The van der Waals surface area contributed by atoms with Crippen LogP contribution in [0.5, 0.6) is 0 Å². The maximum absolute atomic E-state index is 13.9. The van der Waals surface area contributed by atoms with Crippen LogP contribution in [0.4, 0.5) is 11.4 Å². The molecule has 178 valence electrons. The van der Waals surface area contributed by atoms with Gasteiger partial charge in [-0.05, 0) is 67.7 Å². The number of amides is 3. The molecule has 1 saturated carbocycles. The van der Waals surface area contributed by atoms with Crippen LogP contribution in [0.1, 0.15) is 63.4 Å². The van der Waals surface area contributed by atoms with Gasteiger partial charge in [0.05, 0.1) is 5.69 Å². The fraction of sp³-hybridized carbons (Fsp3) is 0.304. The van der Waals surface area contributed by atoms with Crippen molar-refractivity contribution >= 4 is 52.2 Å². The maximum atomic E-state index is 13.9. The Morgan fingerprint density at radius 1 is 1.18 bits per heavy atom. The van der Waals surface area contributed by atoms with Crippen LogP contribution in [-0.4, -0.2) is 28.1 Å². The van der Waals surface area contributed by atoms with E-state index in [2.05, 4.69) is 9.69 Å². The zero-order chi connectivity index (χ0) is 24.4. The highest BCUT2D eigenvalue weighted by Gasteiger charge is 2.38. The number of nitrogens with one attached hydrogen (secondary N) is 1. The van der Waals surface area contributed by atoms with Crippen molar-refractivity contribution < 1.29 is 18.8 Å². The number of hydrogen-bond acceptors (Lipinski definition) is 7. The van der Waals surface area contributed by atoms with E-state index in [0.29, 0.717) is 16.5 Å². The molecule has 1 aromatic carbocycles. The summed E-state index contributed by atoms with van der Waals surface area (Å²) >= 11 is 6.82. The molecule has 0 bridgehead atoms. The number of aromatic nitrogens is 1. The van der Waals surface area contributed by atoms with Crippen molar-refractivity contribution in [3.63, 3.8) is 0 Å². The van der Waals surface area contributed by atoms with Gasteiger partial charge < -0.3 is 21.2 Å². The van der Waals surface area contributed by atoms with Crippen LogP contribution in [-0.2, 0) is 4.79 Å². The summed E-state index contributed by atoms with van der Waals surface area (Å²) < 4.78 is 9.76. The van der Waals surface area contributed by atoms with Gasteiger partial charge in [0.15, 0.2) is 11.7 Å². The first-order valence-corrected chi connectivity index (χ1v) is 11.9. The van der Waals surface area contributed by atoms with Crippen molar-refractivity contribution in [3.8, 4) is 0 Å². The minimum Gasteiger partial charge on any atom is -0.464 e. The molecule has 9 nitrogen and oxygen atoms in total. The van der Waals surface area contributed by atoms with E-state index in [1.54, 1.807) is 43.3 Å². The molecule has 2 aromatic heterocycles. The Balaban J connectivity index is 1.82. The number of nitrogens with two attached hydrogens (primary N) is 2. The molecule has 0 unspecified atom stereocenters. The third-order valence-corrected chi connectivity index (χ3v) is 6.82. The Hall–Kier alpha value is -3.37. The number of carbonyl (C=O) groups excluding carboxylic acids is 3. The molecule has 0 radical (unpaired) electrons. The zero-order valence-corrected chi connectivity index (χ0v) is 20.0. The maximum Gasteiger partial charge on any atom is 0.273 e. The monoisotopic (exact) mass is 501 g/mol. The molecule has 11 heteroatoms. The molecule has 1 atom stereocenters. The number of halogens is 1. The molecule has 5 N–H and O–H groups in total. The molecule has 1 fully saturated rings. The Kier molecular flexibility index (Phi) is 6.90. The van der Waals surface area contributed by atoms with E-state index in [0.717, 1.165) is 37.2 Å². The quantitative estimate of drug-likeness (QED) is 0.448. The lowest BCUT2D eigenvalue weighted by Gasteiger charge is -2.30. The van der Waals surface area contributed by atoms with E-state index < -0.39 is 17.9 Å². The summed E-state index contributed by atoms with van der Waals surface area (Å²) in [5.74, 6) is -0.976. The van der Waals surface area contributed by atoms with Crippen LogP contribution in [0.25, 0.3) is 0 Å². The molecule has 0 aliphatic heterocycles. The van der Waals surface area contributed by atoms with Gasteiger partial charge in [0.25, 0.3) is 17.7 Å². The second-order valence-electron chi connectivity index (χ2n) is 8.13. The largest absolute Gasteiger partial charge is 0.464 e. The fourth-order valence-electron chi connectivity index (χ4n) is 4.05. The first kappa shape index (κ1) is 23.8. The molecule has 0 spiro atoms. The smallest absolute Gasteiger partial charge is 0.273 e. The molecule has 3 amide bonds. The number of rotatable bonds is 7. The van der Waals surface area contributed by atoms with Gasteiger partial charge in [0.2, 0.25) is 0 Å². The number of anilines is 2. The van der Waals surface area contributed by atoms with Crippen molar-refractivity contribution in [1.29, 1.82) is 0 Å². The zero-order valence-electron chi connectivity index (χ0n) is 18.4. The molecule has 1 aliphatic carbocycles. The summed E-state index contributed by atoms with van der Waals surface area (Å²) in [4.78, 5) is 40.4. The summed E-state index contributed by atoms with van der Waals surface area (Å²) in [7, 11) is 0. The van der Waals surface area contributed by atoms with E-state index in [-0.39, 0.29) is 34.0 Å². The number of furan rings is 1. The normalized spacial score (nSPS) is 14.6. The van der Waals surface area contributed by atoms with Crippen molar-refractivity contribution in [2.45, 2.75) is 44.7 Å². The third-order valence-electron chi connectivity index (χ3n) is 5.72. The van der Waals surface area contributed by atoms with Gasteiger partial charge in [-0.1, -0.05) is 24.4 Å². The van der Waals surface area contributed by atoms with Crippen molar-refractivity contribution in [2.75, 3.05) is 10.6 Å². The summed E-state index contributed by atoms with van der Waals surface area (Å²) in [6.07, 6.45) is 3.80. The van der Waals surface area contributed by atoms with Gasteiger partial charge in [-0.25, -0.2) is 0 Å². The number of nitrogen functional groups attached to an aromatic ring is 1. The molecule has 1 aliphatic rings. The first-order chi connectivity index (χ1) is 16.3. The number of hydrogen-bond donors (Lipinski definition) is 3. The molecule has 34 heavy (non-hydrogen) atoms. The van der Waals surface area contributed by atoms with Crippen LogP contribution in [0.2, 0.25) is 5.02 Å². The summed E-state index contributed by atoms with van der Waals surface area (Å²) in [5, 5.41) is 3.52. The molecule has 2 heterocycles. The third kappa shape index (κ3) is 4.78. The Bertz CT molecular complexity index is 1220. The van der Waals surface area contributed by atoms with Crippen LogP contribution >= 0.6 is 23.1 Å². The predicted molar refractivity (Wildman–Crippen MR) is 130 cm³/mol. The minimum atomic E-state index is -1.14. The predicted octanol–water partition coefficient (Wildman–Crippen LogP) is 3.83. The second kappa shape index (κ2) is 9.86. The van der Waals surface area contributed by atoms with Gasteiger partial charge in [0.1, 0.15) is 16.4 Å². The lowest BCUT2D eigenvalue weighted by molar-refractivity contribution is -0.123. The van der Waals surface area contributed by atoms with Gasteiger partial charge >= 0.3 is 0 Å². The van der Waals surface area contributed by atoms with Crippen LogP contribution in [0.3, 0.4) is 0 Å². The highest BCUT2D eigenvalue weighted by atomic mass is 35.5. The molecule has 4 rings (SSSR count). The molecular formula is C23H24ClN5O4S. The van der Waals surface area contributed by atoms with Gasteiger partial charge in [-0.2, -0.15) is 4.37 Å². The lowest BCUT2D eigenvalue weighted by Crippen LogP contribution is -2.46. The number of nitrogens with zero attached hydrogens (tertiary/aromatic N) is 2. The van der Waals surface area contributed by atoms with Crippen LogP contribution in [0, 0.1) is 6.92 Å². The van der Waals surface area contributed by atoms with E-state index in [9.17, 15) is 14.4 Å². The summed E-state index contributed by atoms with van der Waals surface area (Å²) in [6, 6.07) is 8.74. The standard InChI is InChI=1S/C23H24ClN5O4S/c1-12-6-11-16(33-12)19(22(31)27-14-4-2-3-5-14)29(15-9-7-13(24)8-10-15)23(32)20-17(25)18(21(26)30)28-34-20/h6-11,14,19H,2-5,25H2,1H3,(H2,26,30)(H,27,31)/t19-/m0/s1. The number of primary amides is 1. The van der Waals surface area contributed by atoms with Crippen molar-refractivity contribution in [2.24, 2.45) is 5.73 Å². The molecular weight excluding hydrogens is 478 g/mol. The van der Waals surface area contributed by atoms with E-state index in [1.165, 1.54) is 4.90 Å². The highest BCUT2D eigenvalue weighted by molar-refractivity contribution is 7.09. The number of aryl methyl sites for hydroxylation is 1. The van der Waals surface area contributed by atoms with E-state index in [1.807, 2.05) is 0 Å². The summed E-state index contributed by atoms with van der Waals surface area (Å²) in [5.41, 5.74) is 11.5. The lowest BCUT2D eigenvalue weighted by atomic mass is 10.1. The minimum absolute atomic E-state index is 0.00862. The average molecular weight is 502 g/mol. The Morgan fingerprint density at radius 2 is 1.85 bits per heavy atom. The van der Waals surface area contributed by atoms with E-state index in [4.69, 9.17) is 27.5 Å². The topological polar surface area (TPSA) is 145 Å². The number of carbonyl (C=O) groups is 3.